The predicted octanol–water partition coefficient (Wildman–Crippen LogP) is 2.85. The number of aryl methyl sites for hydroxylation is 1. The predicted molar refractivity (Wildman–Crippen MR) is 126 cm³/mol. The fourth-order valence-corrected chi connectivity index (χ4v) is 3.97. The molecule has 1 aliphatic heterocycles. The molecule has 0 saturated carbocycles. The van der Waals surface area contributed by atoms with Gasteiger partial charge in [0.15, 0.2) is 0 Å². The molecule has 1 aliphatic rings. The summed E-state index contributed by atoms with van der Waals surface area (Å²) >= 11 is 0. The van der Waals surface area contributed by atoms with Crippen molar-refractivity contribution >= 4 is 6.03 Å². The van der Waals surface area contributed by atoms with Gasteiger partial charge in [-0.3, -0.25) is 4.90 Å². The number of morpholine rings is 1. The lowest BCUT2D eigenvalue weighted by Gasteiger charge is -2.26. The van der Waals surface area contributed by atoms with Crippen LogP contribution in [0.4, 0.5) is 4.79 Å². The van der Waals surface area contributed by atoms with Crippen molar-refractivity contribution in [3.8, 4) is 5.75 Å². The van der Waals surface area contributed by atoms with Gasteiger partial charge in [-0.05, 0) is 28.8 Å². The van der Waals surface area contributed by atoms with Crippen LogP contribution in [-0.4, -0.2) is 53.9 Å². The Labute approximate surface area is 194 Å². The van der Waals surface area contributed by atoms with Gasteiger partial charge in [0.2, 0.25) is 0 Å². The molecule has 8 nitrogen and oxygen atoms in total. The van der Waals surface area contributed by atoms with E-state index in [1.807, 2.05) is 54.2 Å². The highest BCUT2D eigenvalue weighted by Gasteiger charge is 2.21. The first-order chi connectivity index (χ1) is 16.1. The first kappa shape index (κ1) is 22.8. The van der Waals surface area contributed by atoms with Gasteiger partial charge in [0.05, 0.1) is 20.3 Å². The van der Waals surface area contributed by atoms with E-state index in [0.29, 0.717) is 6.54 Å². The number of imidazole rings is 1. The molecule has 1 atom stereocenters. The molecule has 2 aromatic carbocycles. The highest BCUT2D eigenvalue weighted by atomic mass is 16.5. The number of benzene rings is 2. The van der Waals surface area contributed by atoms with Crippen LogP contribution < -0.4 is 15.4 Å². The molecule has 2 heterocycles. The van der Waals surface area contributed by atoms with E-state index in [0.717, 1.165) is 55.5 Å². The van der Waals surface area contributed by atoms with Gasteiger partial charge in [0.1, 0.15) is 17.6 Å². The van der Waals surface area contributed by atoms with E-state index in [1.165, 1.54) is 5.56 Å². The Kier molecular flexibility index (Phi) is 7.59. The molecule has 0 spiro atoms. The Morgan fingerprint density at radius 2 is 1.91 bits per heavy atom. The molecular formula is C25H31N5O3. The zero-order valence-corrected chi connectivity index (χ0v) is 19.2. The van der Waals surface area contributed by atoms with Gasteiger partial charge in [-0.25, -0.2) is 9.78 Å². The average molecular weight is 450 g/mol. The maximum Gasteiger partial charge on any atom is 0.315 e. The average Bonchev–Trinajstić information content (AvgIpc) is 3.28. The first-order valence-electron chi connectivity index (χ1n) is 11.2. The summed E-state index contributed by atoms with van der Waals surface area (Å²) < 4.78 is 12.6. The Morgan fingerprint density at radius 1 is 1.15 bits per heavy atom. The summed E-state index contributed by atoms with van der Waals surface area (Å²) in [6.45, 7) is 4.80. The number of methoxy groups -OCH3 is 1. The van der Waals surface area contributed by atoms with E-state index in [4.69, 9.17) is 9.47 Å². The minimum absolute atomic E-state index is 0.252. The third-order valence-corrected chi connectivity index (χ3v) is 5.80. The molecule has 1 saturated heterocycles. The van der Waals surface area contributed by atoms with Crippen molar-refractivity contribution in [3.63, 3.8) is 0 Å². The number of amides is 2. The van der Waals surface area contributed by atoms with Gasteiger partial charge in [0.25, 0.3) is 0 Å². The molecule has 3 aromatic rings. The molecule has 0 bridgehead atoms. The monoisotopic (exact) mass is 449 g/mol. The molecular weight excluding hydrogens is 418 g/mol. The molecule has 1 unspecified atom stereocenters. The van der Waals surface area contributed by atoms with Gasteiger partial charge in [-0.1, -0.05) is 36.4 Å². The van der Waals surface area contributed by atoms with Crippen LogP contribution >= 0.6 is 0 Å². The number of carbonyl (C=O) groups is 1. The summed E-state index contributed by atoms with van der Waals surface area (Å²) in [4.78, 5) is 19.7. The fourth-order valence-electron chi connectivity index (χ4n) is 3.97. The van der Waals surface area contributed by atoms with Crippen LogP contribution in [0.5, 0.6) is 5.75 Å². The Bertz CT molecular complexity index is 1040. The van der Waals surface area contributed by atoms with Crippen molar-refractivity contribution < 1.29 is 14.3 Å². The number of hydrogen-bond donors (Lipinski definition) is 2. The second-order valence-electron chi connectivity index (χ2n) is 8.14. The third kappa shape index (κ3) is 6.12. The second kappa shape index (κ2) is 11.0. The van der Waals surface area contributed by atoms with Crippen LogP contribution in [0.3, 0.4) is 0 Å². The van der Waals surface area contributed by atoms with Crippen molar-refractivity contribution in [1.29, 1.82) is 0 Å². The number of nitrogens with zero attached hydrogens (tertiary/aromatic N) is 3. The molecule has 2 amide bonds. The number of nitrogens with one attached hydrogen (secondary N) is 2. The van der Waals surface area contributed by atoms with Crippen molar-refractivity contribution in [2.45, 2.75) is 19.1 Å². The maximum atomic E-state index is 12.8. The Balaban J connectivity index is 1.39. The molecule has 0 radical (unpaired) electrons. The number of hydrogen-bond acceptors (Lipinski definition) is 5. The van der Waals surface area contributed by atoms with Gasteiger partial charge in [-0.15, -0.1) is 0 Å². The Morgan fingerprint density at radius 3 is 2.61 bits per heavy atom. The Hall–Kier alpha value is -3.36. The van der Waals surface area contributed by atoms with E-state index < -0.39 is 0 Å². The van der Waals surface area contributed by atoms with Crippen molar-refractivity contribution in [2.75, 3.05) is 33.4 Å². The van der Waals surface area contributed by atoms with Crippen LogP contribution in [0.1, 0.15) is 28.6 Å². The molecule has 8 heteroatoms. The summed E-state index contributed by atoms with van der Waals surface area (Å²) in [6.07, 6.45) is 3.59. The number of carbonyl (C=O) groups excluding carboxylic acids is 1. The van der Waals surface area contributed by atoms with Crippen LogP contribution in [0.2, 0.25) is 0 Å². The number of urea groups is 1. The fraction of sp³-hybridized carbons (Fsp3) is 0.360. The highest BCUT2D eigenvalue weighted by Crippen LogP contribution is 2.23. The van der Waals surface area contributed by atoms with Gasteiger partial charge < -0.3 is 24.7 Å². The lowest BCUT2D eigenvalue weighted by atomic mass is 10.1. The summed E-state index contributed by atoms with van der Waals surface area (Å²) in [6, 6.07) is 15.3. The minimum atomic E-state index is -0.386. The lowest BCUT2D eigenvalue weighted by Crippen LogP contribution is -2.39. The van der Waals surface area contributed by atoms with E-state index in [-0.39, 0.29) is 12.1 Å². The maximum absolute atomic E-state index is 12.8. The molecule has 33 heavy (non-hydrogen) atoms. The summed E-state index contributed by atoms with van der Waals surface area (Å²) in [5.41, 5.74) is 3.22. The summed E-state index contributed by atoms with van der Waals surface area (Å²) in [5, 5.41) is 6.06. The van der Waals surface area contributed by atoms with Crippen molar-refractivity contribution in [2.24, 2.45) is 7.05 Å². The van der Waals surface area contributed by atoms with E-state index >= 15 is 0 Å². The highest BCUT2D eigenvalue weighted by molar-refractivity contribution is 5.74. The van der Waals surface area contributed by atoms with Crippen LogP contribution in [-0.2, 0) is 24.9 Å². The molecule has 4 rings (SSSR count). The van der Waals surface area contributed by atoms with Gasteiger partial charge >= 0.3 is 6.03 Å². The van der Waals surface area contributed by atoms with Crippen LogP contribution in [0, 0.1) is 0 Å². The lowest BCUT2D eigenvalue weighted by molar-refractivity contribution is 0.0342. The molecule has 1 aromatic heterocycles. The van der Waals surface area contributed by atoms with E-state index in [1.54, 1.807) is 13.3 Å². The van der Waals surface area contributed by atoms with Gasteiger partial charge in [-0.2, -0.15) is 0 Å². The number of ether oxygens (including phenoxy) is 2. The quantitative estimate of drug-likeness (QED) is 0.553. The molecule has 1 fully saturated rings. The normalized spacial score (nSPS) is 15.1. The smallest absolute Gasteiger partial charge is 0.315 e. The number of aromatic nitrogens is 2. The standard InChI is InChI=1S/C25H31N5O3/c1-29-11-10-26-24(29)23(21-6-8-22(32-2)9-7-21)28-25(31)27-17-19-4-3-5-20(16-19)18-30-12-14-33-15-13-30/h3-11,16,23H,12-15,17-18H2,1-2H3,(H2,27,28,31). The zero-order valence-electron chi connectivity index (χ0n) is 19.2. The van der Waals surface area contributed by atoms with Crippen LogP contribution in [0.25, 0.3) is 0 Å². The van der Waals surface area contributed by atoms with E-state index in [2.05, 4.69) is 32.7 Å². The van der Waals surface area contributed by atoms with Gasteiger partial charge in [0, 0.05) is 45.6 Å². The largest absolute Gasteiger partial charge is 0.497 e. The third-order valence-electron chi connectivity index (χ3n) is 5.80. The topological polar surface area (TPSA) is 80.7 Å². The van der Waals surface area contributed by atoms with Crippen molar-refractivity contribution in [3.05, 3.63) is 83.4 Å². The molecule has 2 N–H and O–H groups in total. The SMILES string of the molecule is COc1ccc(C(NC(=O)NCc2cccc(CN3CCOCC3)c2)c2nccn2C)cc1. The van der Waals surface area contributed by atoms with Crippen LogP contribution in [0.15, 0.2) is 60.9 Å². The first-order valence-corrected chi connectivity index (χ1v) is 11.2. The zero-order chi connectivity index (χ0) is 23.0. The van der Waals surface area contributed by atoms with E-state index in [9.17, 15) is 4.79 Å². The molecule has 0 aliphatic carbocycles. The second-order valence-corrected chi connectivity index (χ2v) is 8.14. The molecule has 174 valence electrons. The summed E-state index contributed by atoms with van der Waals surface area (Å²) in [5.74, 6) is 1.52. The minimum Gasteiger partial charge on any atom is -0.497 e. The van der Waals surface area contributed by atoms with Crippen molar-refractivity contribution in [1.82, 2.24) is 25.1 Å². The number of rotatable bonds is 8. The summed E-state index contributed by atoms with van der Waals surface area (Å²) in [7, 11) is 3.55.